The summed E-state index contributed by atoms with van der Waals surface area (Å²) in [7, 11) is 0. The largest absolute Gasteiger partial charge is 0.491 e. The van der Waals surface area contributed by atoms with Crippen LogP contribution in [0.15, 0.2) is 42.7 Å². The third kappa shape index (κ3) is 3.64. The van der Waals surface area contributed by atoms with Gasteiger partial charge in [0.15, 0.2) is 5.65 Å². The molecule has 7 nitrogen and oxygen atoms in total. The van der Waals surface area contributed by atoms with E-state index in [-0.39, 0.29) is 12.0 Å². The van der Waals surface area contributed by atoms with Gasteiger partial charge in [-0.2, -0.15) is 0 Å². The van der Waals surface area contributed by atoms with Crippen LogP contribution in [0.5, 0.6) is 5.75 Å². The number of morpholine rings is 1. The van der Waals surface area contributed by atoms with Crippen LogP contribution in [0.4, 0.5) is 0 Å². The smallest absolute Gasteiger partial charge is 0.274 e. The topological polar surface area (TPSA) is 69.5 Å². The van der Waals surface area contributed by atoms with Crippen molar-refractivity contribution >= 4 is 17.1 Å². The molecule has 0 atom stereocenters. The quantitative estimate of drug-likeness (QED) is 0.710. The predicted molar refractivity (Wildman–Crippen MR) is 101 cm³/mol. The lowest BCUT2D eigenvalue weighted by molar-refractivity contribution is 0.0299. The molecule has 0 aliphatic carbocycles. The molecular weight excluding hydrogens is 344 g/mol. The molecule has 7 heteroatoms. The minimum absolute atomic E-state index is 0.101. The SMILES string of the molecule is CC(C)Oc1ccc(-n2ccc3nc(C(=O)N4CCOCC4)cnc32)cc1. The summed E-state index contributed by atoms with van der Waals surface area (Å²) < 4.78 is 12.9. The number of ether oxygens (including phenoxy) is 2. The number of nitrogens with zero attached hydrogens (tertiary/aromatic N) is 4. The van der Waals surface area contributed by atoms with Gasteiger partial charge in [-0.15, -0.1) is 0 Å². The summed E-state index contributed by atoms with van der Waals surface area (Å²) in [5.41, 5.74) is 2.73. The fourth-order valence-electron chi connectivity index (χ4n) is 3.11. The molecule has 0 N–H and O–H groups in total. The van der Waals surface area contributed by atoms with E-state index >= 15 is 0 Å². The summed E-state index contributed by atoms with van der Waals surface area (Å²) in [5, 5.41) is 0. The van der Waals surface area contributed by atoms with Crippen LogP contribution in [-0.2, 0) is 4.74 Å². The third-order valence-electron chi connectivity index (χ3n) is 4.39. The predicted octanol–water partition coefficient (Wildman–Crippen LogP) is 2.68. The van der Waals surface area contributed by atoms with E-state index in [0.717, 1.165) is 11.4 Å². The van der Waals surface area contributed by atoms with Gasteiger partial charge in [0.2, 0.25) is 0 Å². The van der Waals surface area contributed by atoms with Gasteiger partial charge in [0.25, 0.3) is 5.91 Å². The second-order valence-corrected chi connectivity index (χ2v) is 6.71. The first kappa shape index (κ1) is 17.5. The van der Waals surface area contributed by atoms with E-state index in [9.17, 15) is 4.79 Å². The second kappa shape index (κ2) is 7.36. The molecule has 1 fully saturated rings. The maximum atomic E-state index is 12.6. The average Bonchev–Trinajstić information content (AvgIpc) is 3.11. The van der Waals surface area contributed by atoms with E-state index in [0.29, 0.717) is 43.2 Å². The minimum atomic E-state index is -0.101. The number of amides is 1. The Bertz CT molecular complexity index is 944. The van der Waals surface area contributed by atoms with Crippen molar-refractivity contribution in [2.24, 2.45) is 0 Å². The first-order valence-corrected chi connectivity index (χ1v) is 9.10. The zero-order chi connectivity index (χ0) is 18.8. The Kier molecular flexibility index (Phi) is 4.77. The van der Waals surface area contributed by atoms with Crippen LogP contribution in [0.25, 0.3) is 16.9 Å². The molecule has 1 aliphatic heterocycles. The summed E-state index contributed by atoms with van der Waals surface area (Å²) in [4.78, 5) is 23.4. The summed E-state index contributed by atoms with van der Waals surface area (Å²) in [6.07, 6.45) is 3.59. The number of hydrogen-bond acceptors (Lipinski definition) is 5. The number of rotatable bonds is 4. The normalized spacial score (nSPS) is 14.7. The summed E-state index contributed by atoms with van der Waals surface area (Å²) >= 11 is 0. The maximum absolute atomic E-state index is 12.6. The van der Waals surface area contributed by atoms with Gasteiger partial charge < -0.3 is 14.4 Å². The fraction of sp³-hybridized carbons (Fsp3) is 0.350. The Balaban J connectivity index is 1.59. The van der Waals surface area contributed by atoms with Crippen molar-refractivity contribution < 1.29 is 14.3 Å². The Labute approximate surface area is 157 Å². The number of hydrogen-bond donors (Lipinski definition) is 0. The van der Waals surface area contributed by atoms with E-state index in [1.54, 1.807) is 11.1 Å². The molecular formula is C20H22N4O3. The molecule has 3 heterocycles. The number of aromatic nitrogens is 3. The first-order chi connectivity index (χ1) is 13.1. The molecule has 0 bridgehead atoms. The summed E-state index contributed by atoms with van der Waals surface area (Å²) in [6, 6.07) is 9.70. The Hall–Kier alpha value is -2.93. The van der Waals surface area contributed by atoms with Gasteiger partial charge in [-0.1, -0.05) is 0 Å². The van der Waals surface area contributed by atoms with Crippen LogP contribution in [0.2, 0.25) is 0 Å². The van der Waals surface area contributed by atoms with Crippen molar-refractivity contribution in [3.8, 4) is 11.4 Å². The van der Waals surface area contributed by atoms with E-state index in [1.807, 2.05) is 54.9 Å². The summed E-state index contributed by atoms with van der Waals surface area (Å²) in [5.74, 6) is 0.727. The highest BCUT2D eigenvalue weighted by Crippen LogP contribution is 2.21. The molecule has 0 radical (unpaired) electrons. The van der Waals surface area contributed by atoms with Crippen molar-refractivity contribution in [2.75, 3.05) is 26.3 Å². The highest BCUT2D eigenvalue weighted by atomic mass is 16.5. The van der Waals surface area contributed by atoms with E-state index in [4.69, 9.17) is 9.47 Å². The first-order valence-electron chi connectivity index (χ1n) is 9.10. The second-order valence-electron chi connectivity index (χ2n) is 6.71. The molecule has 1 aliphatic rings. The molecule has 27 heavy (non-hydrogen) atoms. The molecule has 0 spiro atoms. The lowest BCUT2D eigenvalue weighted by Gasteiger charge is -2.26. The minimum Gasteiger partial charge on any atom is -0.491 e. The molecule has 0 unspecified atom stereocenters. The third-order valence-corrected chi connectivity index (χ3v) is 4.39. The molecule has 1 saturated heterocycles. The average molecular weight is 366 g/mol. The van der Waals surface area contributed by atoms with Gasteiger partial charge in [-0.05, 0) is 44.2 Å². The molecule has 140 valence electrons. The van der Waals surface area contributed by atoms with Crippen molar-refractivity contribution in [3.05, 3.63) is 48.4 Å². The Morgan fingerprint density at radius 1 is 1.15 bits per heavy atom. The molecule has 3 aromatic rings. The molecule has 2 aromatic heterocycles. The van der Waals surface area contributed by atoms with Crippen molar-refractivity contribution in [1.82, 2.24) is 19.4 Å². The molecule has 0 saturated carbocycles. The van der Waals surface area contributed by atoms with Gasteiger partial charge in [-0.3, -0.25) is 9.36 Å². The summed E-state index contributed by atoms with van der Waals surface area (Å²) in [6.45, 7) is 6.30. The van der Waals surface area contributed by atoms with Gasteiger partial charge in [0.05, 0.1) is 25.5 Å². The Morgan fingerprint density at radius 2 is 1.89 bits per heavy atom. The van der Waals surface area contributed by atoms with Crippen LogP contribution in [0.1, 0.15) is 24.3 Å². The monoisotopic (exact) mass is 366 g/mol. The van der Waals surface area contributed by atoms with Crippen molar-refractivity contribution in [2.45, 2.75) is 20.0 Å². The lowest BCUT2D eigenvalue weighted by atomic mass is 10.3. The van der Waals surface area contributed by atoms with Gasteiger partial charge in [0, 0.05) is 25.0 Å². The van der Waals surface area contributed by atoms with Crippen LogP contribution in [0.3, 0.4) is 0 Å². The van der Waals surface area contributed by atoms with E-state index < -0.39 is 0 Å². The number of fused-ring (bicyclic) bond motifs is 1. The zero-order valence-corrected chi connectivity index (χ0v) is 15.5. The molecule has 1 aromatic carbocycles. The van der Waals surface area contributed by atoms with Crippen LogP contribution in [-0.4, -0.2) is 57.7 Å². The zero-order valence-electron chi connectivity index (χ0n) is 15.5. The van der Waals surface area contributed by atoms with Crippen LogP contribution >= 0.6 is 0 Å². The van der Waals surface area contributed by atoms with Gasteiger partial charge in [0.1, 0.15) is 17.0 Å². The van der Waals surface area contributed by atoms with Crippen molar-refractivity contribution in [3.63, 3.8) is 0 Å². The van der Waals surface area contributed by atoms with E-state index in [2.05, 4.69) is 9.97 Å². The van der Waals surface area contributed by atoms with Crippen LogP contribution < -0.4 is 4.74 Å². The van der Waals surface area contributed by atoms with Crippen LogP contribution in [0, 0.1) is 0 Å². The lowest BCUT2D eigenvalue weighted by Crippen LogP contribution is -2.41. The maximum Gasteiger partial charge on any atom is 0.274 e. The Morgan fingerprint density at radius 3 is 2.59 bits per heavy atom. The molecule has 1 amide bonds. The van der Waals surface area contributed by atoms with Gasteiger partial charge >= 0.3 is 0 Å². The highest BCUT2D eigenvalue weighted by molar-refractivity contribution is 5.93. The number of carbonyl (C=O) groups is 1. The van der Waals surface area contributed by atoms with E-state index in [1.165, 1.54) is 0 Å². The highest BCUT2D eigenvalue weighted by Gasteiger charge is 2.20. The number of benzene rings is 1. The number of carbonyl (C=O) groups excluding carboxylic acids is 1. The fourth-order valence-corrected chi connectivity index (χ4v) is 3.11. The van der Waals surface area contributed by atoms with Crippen molar-refractivity contribution in [1.29, 1.82) is 0 Å². The van der Waals surface area contributed by atoms with Gasteiger partial charge in [-0.25, -0.2) is 9.97 Å². The standard InChI is InChI=1S/C20H22N4O3/c1-14(2)27-16-5-3-15(4-6-16)24-8-7-17-19(24)21-13-18(22-17)20(25)23-9-11-26-12-10-23/h3-8,13-14H,9-12H2,1-2H3. The molecule has 4 rings (SSSR count).